The summed E-state index contributed by atoms with van der Waals surface area (Å²) in [5, 5.41) is 30.6. The van der Waals surface area contributed by atoms with Crippen molar-refractivity contribution < 1.29 is 29.2 Å². The smallest absolute Gasteiger partial charge is 0.314 e. The molecule has 0 aromatic rings. The van der Waals surface area contributed by atoms with Gasteiger partial charge in [-0.05, 0) is 96.5 Å². The second-order valence-electron chi connectivity index (χ2n) is 12.0. The summed E-state index contributed by atoms with van der Waals surface area (Å²) in [6.45, 7) is 8.97. The Morgan fingerprint density at radius 1 is 1.20 bits per heavy atom. The van der Waals surface area contributed by atoms with Gasteiger partial charge < -0.3 is 20.1 Å². The zero-order valence-electron chi connectivity index (χ0n) is 22.1. The quantitative estimate of drug-likeness (QED) is 0.336. The molecule has 0 spiro atoms. The molecule has 5 nitrogen and oxygen atoms in total. The number of fused-ring (bicyclic) bond motifs is 1. The predicted molar refractivity (Wildman–Crippen MR) is 135 cm³/mol. The minimum Gasteiger partial charge on any atom is -0.465 e. The van der Waals surface area contributed by atoms with Crippen molar-refractivity contribution in [3.8, 4) is 0 Å². The molecule has 0 aromatic carbocycles. The van der Waals surface area contributed by atoms with Gasteiger partial charge in [-0.25, -0.2) is 4.39 Å². The van der Waals surface area contributed by atoms with Crippen molar-refractivity contribution in [2.75, 3.05) is 6.61 Å². The van der Waals surface area contributed by atoms with Gasteiger partial charge in [0.25, 0.3) is 0 Å². The van der Waals surface area contributed by atoms with Crippen LogP contribution in [0.5, 0.6) is 0 Å². The van der Waals surface area contributed by atoms with E-state index in [9.17, 15) is 20.1 Å². The Morgan fingerprint density at radius 3 is 2.49 bits per heavy atom. The Kier molecular flexibility index (Phi) is 8.71. The van der Waals surface area contributed by atoms with Crippen molar-refractivity contribution in [3.05, 3.63) is 35.5 Å². The number of esters is 1. The zero-order valence-corrected chi connectivity index (χ0v) is 22.1. The first kappa shape index (κ1) is 28.1. The molecule has 0 unspecified atom stereocenters. The van der Waals surface area contributed by atoms with Gasteiger partial charge in [0.05, 0.1) is 30.3 Å². The molecular weight excluding hydrogens is 447 g/mol. The molecule has 198 valence electrons. The molecule has 0 heterocycles. The van der Waals surface area contributed by atoms with Gasteiger partial charge in [-0.15, -0.1) is 0 Å². The maximum absolute atomic E-state index is 16.2. The SMILES string of the molecule is CCOC(=O)C(C)(C)[C@H](O)C=C[C@](C)(F)[C@H]1CC[C@H]2C(=CC=C3C[C@@H](O)C[C@H](O)C3)CCC[C@@]21C. The Bertz CT molecular complexity index is 845. The van der Waals surface area contributed by atoms with Crippen LogP contribution in [0.1, 0.15) is 86.0 Å². The zero-order chi connectivity index (χ0) is 26.0. The topological polar surface area (TPSA) is 87.0 Å². The molecule has 3 fully saturated rings. The minimum atomic E-state index is -1.62. The maximum atomic E-state index is 16.2. The number of rotatable bonds is 7. The van der Waals surface area contributed by atoms with Crippen LogP contribution in [0.4, 0.5) is 4.39 Å². The lowest BCUT2D eigenvalue weighted by atomic mass is 9.60. The van der Waals surface area contributed by atoms with Crippen LogP contribution in [0.3, 0.4) is 0 Å². The number of allylic oxidation sites excluding steroid dienone is 4. The number of ether oxygens (including phenoxy) is 1. The molecule has 0 amide bonds. The number of carbonyl (C=O) groups is 1. The van der Waals surface area contributed by atoms with Crippen LogP contribution in [0.25, 0.3) is 0 Å². The fourth-order valence-electron chi connectivity index (χ4n) is 6.77. The molecule has 0 bridgehead atoms. The summed E-state index contributed by atoms with van der Waals surface area (Å²) in [4.78, 5) is 12.2. The van der Waals surface area contributed by atoms with Crippen LogP contribution in [0.2, 0.25) is 0 Å². The van der Waals surface area contributed by atoms with E-state index in [-0.39, 0.29) is 17.9 Å². The van der Waals surface area contributed by atoms with E-state index in [0.29, 0.717) is 25.2 Å². The fourth-order valence-corrected chi connectivity index (χ4v) is 6.77. The Balaban J connectivity index is 1.76. The average molecular weight is 493 g/mol. The summed E-state index contributed by atoms with van der Waals surface area (Å²) in [5.41, 5.74) is -0.551. The third kappa shape index (κ3) is 6.08. The van der Waals surface area contributed by atoms with Crippen LogP contribution in [-0.4, -0.2) is 51.9 Å². The fraction of sp³-hybridized carbons (Fsp3) is 0.759. The van der Waals surface area contributed by atoms with Crippen LogP contribution in [0.15, 0.2) is 35.5 Å². The molecule has 3 saturated carbocycles. The first-order chi connectivity index (χ1) is 16.3. The van der Waals surface area contributed by atoms with Crippen molar-refractivity contribution in [1.82, 2.24) is 0 Å². The lowest BCUT2D eigenvalue weighted by Crippen LogP contribution is -2.42. The molecule has 3 aliphatic carbocycles. The van der Waals surface area contributed by atoms with E-state index < -0.39 is 35.4 Å². The van der Waals surface area contributed by atoms with E-state index in [1.54, 1.807) is 27.7 Å². The lowest BCUT2D eigenvalue weighted by molar-refractivity contribution is -0.158. The summed E-state index contributed by atoms with van der Waals surface area (Å²) in [5.74, 6) is -0.399. The molecule has 0 aliphatic heterocycles. The van der Waals surface area contributed by atoms with E-state index in [4.69, 9.17) is 4.74 Å². The van der Waals surface area contributed by atoms with Crippen molar-refractivity contribution in [1.29, 1.82) is 0 Å². The summed E-state index contributed by atoms with van der Waals surface area (Å²) in [6.07, 6.45) is 11.3. The molecular formula is C29H45FO5. The Labute approximate surface area is 210 Å². The predicted octanol–water partition coefficient (Wildman–Crippen LogP) is 5.20. The Morgan fingerprint density at radius 2 is 1.86 bits per heavy atom. The van der Waals surface area contributed by atoms with Gasteiger partial charge in [-0.2, -0.15) is 0 Å². The first-order valence-corrected chi connectivity index (χ1v) is 13.3. The number of aliphatic hydroxyl groups is 3. The highest BCUT2D eigenvalue weighted by atomic mass is 19.1. The molecule has 3 N–H and O–H groups in total. The summed E-state index contributed by atoms with van der Waals surface area (Å²) >= 11 is 0. The van der Waals surface area contributed by atoms with E-state index in [1.807, 2.05) is 0 Å². The Hall–Kier alpha value is -1.50. The highest BCUT2D eigenvalue weighted by molar-refractivity contribution is 5.77. The van der Waals surface area contributed by atoms with Crippen molar-refractivity contribution in [3.63, 3.8) is 0 Å². The molecule has 0 saturated heterocycles. The number of alkyl halides is 1. The number of aliphatic hydroxyl groups excluding tert-OH is 3. The molecule has 3 rings (SSSR count). The van der Waals surface area contributed by atoms with Crippen LogP contribution >= 0.6 is 0 Å². The highest BCUT2D eigenvalue weighted by Crippen LogP contribution is 2.61. The lowest BCUT2D eigenvalue weighted by Gasteiger charge is -2.45. The van der Waals surface area contributed by atoms with Gasteiger partial charge in [0.1, 0.15) is 5.67 Å². The number of halogens is 1. The minimum absolute atomic E-state index is 0.191. The van der Waals surface area contributed by atoms with Crippen molar-refractivity contribution >= 4 is 5.97 Å². The van der Waals surface area contributed by atoms with Gasteiger partial charge in [-0.1, -0.05) is 36.3 Å². The molecule has 3 aliphatic rings. The van der Waals surface area contributed by atoms with Gasteiger partial charge in [0, 0.05) is 5.92 Å². The third-order valence-corrected chi connectivity index (χ3v) is 8.86. The second kappa shape index (κ2) is 10.9. The van der Waals surface area contributed by atoms with E-state index in [0.717, 1.165) is 37.7 Å². The molecule has 0 aromatic heterocycles. The largest absolute Gasteiger partial charge is 0.465 e. The third-order valence-electron chi connectivity index (χ3n) is 8.86. The van der Waals surface area contributed by atoms with E-state index >= 15 is 4.39 Å². The number of carbonyl (C=O) groups excluding carboxylic acids is 1. The normalized spacial score (nSPS) is 35.6. The average Bonchev–Trinajstić information content (AvgIpc) is 3.14. The molecule has 35 heavy (non-hydrogen) atoms. The van der Waals surface area contributed by atoms with Gasteiger partial charge in [-0.3, -0.25) is 4.79 Å². The first-order valence-electron chi connectivity index (χ1n) is 13.3. The van der Waals surface area contributed by atoms with Crippen LogP contribution in [0, 0.1) is 22.7 Å². The van der Waals surface area contributed by atoms with Gasteiger partial charge in [0.15, 0.2) is 0 Å². The maximum Gasteiger partial charge on any atom is 0.314 e. The number of hydrogen-bond acceptors (Lipinski definition) is 5. The van der Waals surface area contributed by atoms with Crippen molar-refractivity contribution in [2.45, 2.75) is 110 Å². The van der Waals surface area contributed by atoms with Crippen molar-refractivity contribution in [2.24, 2.45) is 22.7 Å². The number of hydrogen-bond donors (Lipinski definition) is 3. The van der Waals surface area contributed by atoms with Crippen LogP contribution in [-0.2, 0) is 9.53 Å². The molecule has 7 atom stereocenters. The second-order valence-corrected chi connectivity index (χ2v) is 12.0. The van der Waals surface area contributed by atoms with E-state index in [1.165, 1.54) is 17.7 Å². The monoisotopic (exact) mass is 492 g/mol. The van der Waals surface area contributed by atoms with Gasteiger partial charge in [0.2, 0.25) is 0 Å². The molecule has 0 radical (unpaired) electrons. The molecule has 6 heteroatoms. The summed E-state index contributed by atoms with van der Waals surface area (Å²) in [7, 11) is 0. The standard InChI is InChI=1S/C29H45FO5/c1-6-35-26(34)27(2,3)25(33)13-15-29(5,30)24-12-11-23-20(8-7-14-28(23,24)4)10-9-19-16-21(31)18-22(32)17-19/h9-10,13,15,21-25,31-33H,6-8,11-12,14,16-18H2,1-5H3/t21-,22-,23+,24+,25-,28+,29+/m1/s1. The summed E-state index contributed by atoms with van der Waals surface area (Å²) < 4.78 is 21.3. The summed E-state index contributed by atoms with van der Waals surface area (Å²) in [6, 6.07) is 0. The van der Waals surface area contributed by atoms with Crippen LogP contribution < -0.4 is 0 Å². The van der Waals surface area contributed by atoms with Gasteiger partial charge >= 0.3 is 5.97 Å². The van der Waals surface area contributed by atoms with E-state index in [2.05, 4.69) is 19.1 Å². The highest BCUT2D eigenvalue weighted by Gasteiger charge is 2.55.